The smallest absolute Gasteiger partial charge is 0.356 e. The normalized spacial score (nSPS) is 12.0. The number of carbonyl (C=O) groups is 2. The maximum Gasteiger partial charge on any atom is 0.356 e. The van der Waals surface area contributed by atoms with E-state index in [1.54, 1.807) is 6.07 Å². The molecule has 0 bridgehead atoms. The van der Waals surface area contributed by atoms with E-state index in [0.29, 0.717) is 18.4 Å². The van der Waals surface area contributed by atoms with Gasteiger partial charge < -0.3 is 15.7 Å². The summed E-state index contributed by atoms with van der Waals surface area (Å²) in [5.74, 6) is -0.363. The Kier molecular flexibility index (Phi) is 5.29. The Bertz CT molecular complexity index is 460. The van der Waals surface area contributed by atoms with Crippen molar-refractivity contribution in [2.75, 3.05) is 11.9 Å². The van der Waals surface area contributed by atoms with Gasteiger partial charge in [0.05, 0.1) is 5.69 Å². The third-order valence-electron chi connectivity index (χ3n) is 2.98. The van der Waals surface area contributed by atoms with E-state index in [1.165, 1.54) is 12.3 Å². The summed E-state index contributed by atoms with van der Waals surface area (Å²) in [6.45, 7) is 6.73. The molecule has 0 aliphatic rings. The maximum atomic E-state index is 11.7. The van der Waals surface area contributed by atoms with Crippen molar-refractivity contribution >= 4 is 17.7 Å². The Morgan fingerprint density at radius 2 is 2.05 bits per heavy atom. The van der Waals surface area contributed by atoms with Crippen LogP contribution < -0.4 is 10.6 Å². The number of aromatic nitrogens is 1. The molecule has 0 aliphatic heterocycles. The Morgan fingerprint density at radius 1 is 1.37 bits per heavy atom. The highest BCUT2D eigenvalue weighted by atomic mass is 16.4. The molecule has 2 amide bonds. The second-order valence-electron chi connectivity index (χ2n) is 4.76. The Hall–Kier alpha value is -2.11. The molecule has 0 saturated carbocycles. The van der Waals surface area contributed by atoms with Crippen LogP contribution in [0.3, 0.4) is 0 Å². The second-order valence-corrected chi connectivity index (χ2v) is 4.76. The molecule has 3 N–H and O–H groups in total. The lowest BCUT2D eigenvalue weighted by atomic mass is 9.98. The topological polar surface area (TPSA) is 91.3 Å². The number of hydrogen-bond donors (Lipinski definition) is 3. The van der Waals surface area contributed by atoms with E-state index >= 15 is 0 Å². The van der Waals surface area contributed by atoms with Crippen molar-refractivity contribution in [1.29, 1.82) is 0 Å². The molecule has 1 heterocycles. The van der Waals surface area contributed by atoms with Crippen molar-refractivity contribution in [3.05, 3.63) is 24.0 Å². The first-order valence-electron chi connectivity index (χ1n) is 6.15. The van der Waals surface area contributed by atoms with Crippen molar-refractivity contribution in [1.82, 2.24) is 10.3 Å². The van der Waals surface area contributed by atoms with Gasteiger partial charge in [-0.3, -0.25) is 0 Å². The number of carboxylic acid groups (broad SMARTS) is 1. The van der Waals surface area contributed by atoms with Crippen molar-refractivity contribution in [3.8, 4) is 0 Å². The third kappa shape index (κ3) is 4.57. The van der Waals surface area contributed by atoms with Gasteiger partial charge in [0.1, 0.15) is 0 Å². The molecule has 6 nitrogen and oxygen atoms in total. The standard InChI is InChI=1S/C13H19N3O3/c1-8(2)9(3)7-15-13(19)16-10-5-4-6-14-11(10)12(17)18/h4-6,8-9H,7H2,1-3H3,(H,17,18)(H2,15,16,19). The average Bonchev–Trinajstić information content (AvgIpc) is 2.36. The predicted octanol–water partition coefficient (Wildman–Crippen LogP) is 2.19. The minimum Gasteiger partial charge on any atom is -0.476 e. The quantitative estimate of drug-likeness (QED) is 0.761. The summed E-state index contributed by atoms with van der Waals surface area (Å²) in [5.41, 5.74) is 0.0132. The van der Waals surface area contributed by atoms with Gasteiger partial charge >= 0.3 is 12.0 Å². The lowest BCUT2D eigenvalue weighted by Gasteiger charge is -2.16. The molecule has 0 saturated heterocycles. The zero-order valence-electron chi connectivity index (χ0n) is 11.3. The Balaban J connectivity index is 2.60. The Labute approximate surface area is 112 Å². The fourth-order valence-corrected chi connectivity index (χ4v) is 1.33. The van der Waals surface area contributed by atoms with Gasteiger partial charge in [-0.15, -0.1) is 0 Å². The van der Waals surface area contributed by atoms with Crippen LogP contribution in [-0.2, 0) is 0 Å². The number of nitrogens with one attached hydrogen (secondary N) is 2. The van der Waals surface area contributed by atoms with Crippen LogP contribution in [0.15, 0.2) is 18.3 Å². The van der Waals surface area contributed by atoms with Gasteiger partial charge in [0.15, 0.2) is 5.69 Å². The largest absolute Gasteiger partial charge is 0.476 e. The van der Waals surface area contributed by atoms with Crippen LogP contribution in [0.5, 0.6) is 0 Å². The molecule has 19 heavy (non-hydrogen) atoms. The van der Waals surface area contributed by atoms with Crippen molar-refractivity contribution in [2.24, 2.45) is 11.8 Å². The number of carboxylic acids is 1. The van der Waals surface area contributed by atoms with Crippen molar-refractivity contribution in [3.63, 3.8) is 0 Å². The number of carbonyl (C=O) groups excluding carboxylic acids is 1. The molecular formula is C13H19N3O3. The van der Waals surface area contributed by atoms with Gasteiger partial charge in [-0.25, -0.2) is 14.6 Å². The summed E-state index contributed by atoms with van der Waals surface area (Å²) in [4.78, 5) is 26.3. The number of rotatable bonds is 5. The number of amides is 2. The van der Waals surface area contributed by atoms with Crippen LogP contribution in [0.4, 0.5) is 10.5 Å². The molecule has 1 aromatic heterocycles. The van der Waals surface area contributed by atoms with Crippen LogP contribution in [0.2, 0.25) is 0 Å². The van der Waals surface area contributed by atoms with E-state index < -0.39 is 12.0 Å². The van der Waals surface area contributed by atoms with Crippen LogP contribution in [-0.4, -0.2) is 28.6 Å². The molecule has 0 spiro atoms. The number of hydrogen-bond acceptors (Lipinski definition) is 3. The number of urea groups is 1. The van der Waals surface area contributed by atoms with Gasteiger partial charge in [-0.05, 0) is 24.0 Å². The Morgan fingerprint density at radius 3 is 2.63 bits per heavy atom. The van der Waals surface area contributed by atoms with E-state index in [2.05, 4.69) is 29.5 Å². The van der Waals surface area contributed by atoms with E-state index in [9.17, 15) is 9.59 Å². The molecule has 0 radical (unpaired) electrons. The van der Waals surface area contributed by atoms with Crippen LogP contribution >= 0.6 is 0 Å². The van der Waals surface area contributed by atoms with Gasteiger partial charge in [-0.1, -0.05) is 20.8 Å². The molecule has 6 heteroatoms. The maximum absolute atomic E-state index is 11.7. The van der Waals surface area contributed by atoms with Crippen LogP contribution in [0.1, 0.15) is 31.3 Å². The summed E-state index contributed by atoms with van der Waals surface area (Å²) >= 11 is 0. The fraction of sp³-hybridized carbons (Fsp3) is 0.462. The number of nitrogens with zero attached hydrogens (tertiary/aromatic N) is 1. The molecule has 1 unspecified atom stereocenters. The monoisotopic (exact) mass is 265 g/mol. The highest BCUT2D eigenvalue weighted by molar-refractivity contribution is 5.98. The van der Waals surface area contributed by atoms with Crippen LogP contribution in [0, 0.1) is 11.8 Å². The van der Waals surface area contributed by atoms with E-state index in [-0.39, 0.29) is 11.4 Å². The summed E-state index contributed by atoms with van der Waals surface area (Å²) in [7, 11) is 0. The van der Waals surface area contributed by atoms with Crippen molar-refractivity contribution in [2.45, 2.75) is 20.8 Å². The number of pyridine rings is 1. The van der Waals surface area contributed by atoms with Gasteiger partial charge in [0, 0.05) is 12.7 Å². The van der Waals surface area contributed by atoms with E-state index in [0.717, 1.165) is 0 Å². The summed E-state index contributed by atoms with van der Waals surface area (Å²) < 4.78 is 0. The highest BCUT2D eigenvalue weighted by Gasteiger charge is 2.14. The average molecular weight is 265 g/mol. The van der Waals surface area contributed by atoms with Gasteiger partial charge in [-0.2, -0.15) is 0 Å². The molecule has 0 fully saturated rings. The zero-order valence-corrected chi connectivity index (χ0v) is 11.3. The predicted molar refractivity (Wildman–Crippen MR) is 72.2 cm³/mol. The first-order chi connectivity index (χ1) is 8.91. The fourth-order valence-electron chi connectivity index (χ4n) is 1.33. The van der Waals surface area contributed by atoms with E-state index in [1.807, 2.05) is 6.92 Å². The molecule has 1 aromatic rings. The van der Waals surface area contributed by atoms with Gasteiger partial charge in [0.25, 0.3) is 0 Å². The molecular weight excluding hydrogens is 246 g/mol. The van der Waals surface area contributed by atoms with E-state index in [4.69, 9.17) is 5.11 Å². The lowest BCUT2D eigenvalue weighted by molar-refractivity contribution is 0.0692. The minimum absolute atomic E-state index is 0.172. The van der Waals surface area contributed by atoms with Crippen LogP contribution in [0.25, 0.3) is 0 Å². The summed E-state index contributed by atoms with van der Waals surface area (Å²) in [5, 5.41) is 14.1. The first-order valence-corrected chi connectivity index (χ1v) is 6.15. The molecule has 104 valence electrons. The molecule has 0 aromatic carbocycles. The second kappa shape index (κ2) is 6.72. The van der Waals surface area contributed by atoms with Crippen molar-refractivity contribution < 1.29 is 14.7 Å². The molecule has 0 aliphatic carbocycles. The number of aromatic carboxylic acids is 1. The molecule has 1 atom stereocenters. The first kappa shape index (κ1) is 14.9. The zero-order chi connectivity index (χ0) is 14.4. The lowest BCUT2D eigenvalue weighted by Crippen LogP contribution is -2.34. The summed E-state index contributed by atoms with van der Waals surface area (Å²) in [6, 6.07) is 2.64. The minimum atomic E-state index is -1.17. The number of anilines is 1. The summed E-state index contributed by atoms with van der Waals surface area (Å²) in [6.07, 6.45) is 1.37. The third-order valence-corrected chi connectivity index (χ3v) is 2.98. The molecule has 1 rings (SSSR count). The SMILES string of the molecule is CC(C)C(C)CNC(=O)Nc1cccnc1C(=O)O. The van der Waals surface area contributed by atoms with Gasteiger partial charge in [0.2, 0.25) is 0 Å². The highest BCUT2D eigenvalue weighted by Crippen LogP contribution is 2.12.